The van der Waals surface area contributed by atoms with Crippen LogP contribution >= 0.6 is 31.8 Å². The second-order valence-corrected chi connectivity index (χ2v) is 15.4. The quantitative estimate of drug-likeness (QED) is 0.149. The Morgan fingerprint density at radius 2 is 1.70 bits per heavy atom. The number of hydrogen-bond acceptors (Lipinski definition) is 15. The number of aliphatic imine (C=N–C) groups is 1. The SMILES string of the molecule is CC(C)(C)C(=O)SCCO[P+](=O)OCC1O[C@@H](C2C=Nc3c(=O)[nH]c(N)n[n+]32)[C@](C)(O)[C@@H]1O.COCCSC(=O)C(C)(C)C. The lowest BCUT2D eigenvalue weighted by atomic mass is 9.89. The summed E-state index contributed by atoms with van der Waals surface area (Å²) >= 11 is 2.42. The average molecular weight is 682 g/mol. The standard InChI is InChI=1S/C18H27N5O8PS.C8H16O2S/c1-17(2,3)15(26)33-6-5-29-32(28)30-8-10-11(24)18(4,27)12(31-10)9-7-20-13-14(25)21-16(19)22-23(9)13;1-8(2,3)7(9)11-6-5-10-4/h7,9-12,24,27H,5-6,8H2,1-4H3,(H2-,19,21,22,25);5-6H2,1-4H3/q+1;/p+1/t9?,10?,11-,12+,18-;/m1./s1. The zero-order valence-electron chi connectivity index (χ0n) is 26.3. The van der Waals surface area contributed by atoms with Gasteiger partial charge in [0.15, 0.2) is 16.4 Å². The highest BCUT2D eigenvalue weighted by atomic mass is 32.2. The van der Waals surface area contributed by atoms with E-state index >= 15 is 0 Å². The normalized spacial score (nSPS) is 24.9. The van der Waals surface area contributed by atoms with Gasteiger partial charge in [-0.15, -0.1) is 13.7 Å². The van der Waals surface area contributed by atoms with Gasteiger partial charge in [0.25, 0.3) is 0 Å². The molecule has 0 radical (unpaired) electrons. The summed E-state index contributed by atoms with van der Waals surface area (Å²) in [5.74, 6) is 0.898. The number of H-pyrrole nitrogens is 1. The van der Waals surface area contributed by atoms with Gasteiger partial charge < -0.3 is 25.4 Å². The van der Waals surface area contributed by atoms with Crippen molar-refractivity contribution in [2.45, 2.75) is 78.4 Å². The highest BCUT2D eigenvalue weighted by Gasteiger charge is 2.59. The van der Waals surface area contributed by atoms with E-state index in [9.17, 15) is 29.2 Å². The molecule has 6 atom stereocenters. The second kappa shape index (κ2) is 16.1. The maximum Gasteiger partial charge on any atom is 0.697 e. The van der Waals surface area contributed by atoms with Crippen molar-refractivity contribution >= 4 is 60.0 Å². The number of nitrogen functional groups attached to an aromatic ring is 1. The second-order valence-electron chi connectivity index (χ2n) is 12.3. The molecule has 0 saturated carbocycles. The number of aromatic nitrogens is 3. The Balaban J connectivity index is 0.000000523. The lowest BCUT2D eigenvalue weighted by Gasteiger charge is -2.27. The molecule has 0 aliphatic carbocycles. The lowest BCUT2D eigenvalue weighted by molar-refractivity contribution is -0.752. The first-order valence-corrected chi connectivity index (χ1v) is 16.9. The van der Waals surface area contributed by atoms with Gasteiger partial charge in [-0.05, 0) is 17.0 Å². The van der Waals surface area contributed by atoms with Gasteiger partial charge in [-0.2, -0.15) is 0 Å². The number of rotatable bonds is 11. The number of nitrogens with zero attached hydrogens (tertiary/aromatic N) is 3. The largest absolute Gasteiger partial charge is 0.697 e. The van der Waals surface area contributed by atoms with Crippen molar-refractivity contribution in [1.29, 1.82) is 0 Å². The molecule has 0 aromatic carbocycles. The number of aliphatic hydroxyl groups excluding tert-OH is 1. The third-order valence-corrected chi connectivity index (χ3v) is 9.51. The number of aromatic amines is 1. The van der Waals surface area contributed by atoms with Crippen molar-refractivity contribution in [2.75, 3.05) is 44.2 Å². The van der Waals surface area contributed by atoms with Crippen molar-refractivity contribution < 1.29 is 47.6 Å². The Bertz CT molecular complexity index is 1270. The topological polar surface area (TPSA) is 217 Å². The zero-order chi connectivity index (χ0) is 33.5. The van der Waals surface area contributed by atoms with Gasteiger partial charge in [-0.25, -0.2) is 0 Å². The molecule has 3 heterocycles. The molecule has 1 fully saturated rings. The fourth-order valence-corrected chi connectivity index (χ4v) is 6.14. The predicted molar refractivity (Wildman–Crippen MR) is 167 cm³/mol. The van der Waals surface area contributed by atoms with Crippen LogP contribution in [0.25, 0.3) is 0 Å². The Kier molecular flexibility index (Phi) is 14.1. The minimum Gasteiger partial charge on any atom is -0.387 e. The summed E-state index contributed by atoms with van der Waals surface area (Å²) in [6.07, 6.45) is -2.12. The molecule has 3 rings (SSSR count). The van der Waals surface area contributed by atoms with Gasteiger partial charge in [-0.1, -0.05) is 65.1 Å². The number of fused-ring (bicyclic) bond motifs is 1. The Hall–Kier alpha value is -1.82. The summed E-state index contributed by atoms with van der Waals surface area (Å²) in [6.45, 7) is 12.9. The zero-order valence-corrected chi connectivity index (χ0v) is 28.8. The monoisotopic (exact) mass is 681 g/mol. The summed E-state index contributed by atoms with van der Waals surface area (Å²) in [5, 5.41) is 25.7. The van der Waals surface area contributed by atoms with Crippen LogP contribution in [0, 0.1) is 10.8 Å². The van der Waals surface area contributed by atoms with Gasteiger partial charge in [0, 0.05) is 34.0 Å². The molecule has 1 aromatic heterocycles. The first-order chi connectivity index (χ1) is 20.3. The van der Waals surface area contributed by atoms with Crippen LogP contribution in [0.2, 0.25) is 0 Å². The van der Waals surface area contributed by atoms with Crippen LogP contribution in [0.4, 0.5) is 11.8 Å². The Morgan fingerprint density at radius 3 is 2.25 bits per heavy atom. The molecular formula is C26H44N5O10PS2+2. The smallest absolute Gasteiger partial charge is 0.387 e. The first-order valence-electron chi connectivity index (χ1n) is 13.8. The minimum atomic E-state index is -2.53. The molecule has 18 heteroatoms. The molecule has 0 amide bonds. The summed E-state index contributed by atoms with van der Waals surface area (Å²) in [5.41, 5.74) is 2.57. The fraction of sp³-hybridized carbons (Fsp3) is 0.769. The number of carbonyl (C=O) groups is 2. The molecule has 2 aliphatic heterocycles. The molecule has 248 valence electrons. The van der Waals surface area contributed by atoms with Gasteiger partial charge in [0.05, 0.1) is 6.61 Å². The van der Waals surface area contributed by atoms with Crippen molar-refractivity contribution in [2.24, 2.45) is 15.8 Å². The summed E-state index contributed by atoms with van der Waals surface area (Å²) in [7, 11) is -0.893. The first kappa shape index (κ1) is 38.4. The van der Waals surface area contributed by atoms with Crippen LogP contribution in [-0.4, -0.2) is 99.1 Å². The molecular weight excluding hydrogens is 637 g/mol. The molecule has 0 bridgehead atoms. The summed E-state index contributed by atoms with van der Waals surface area (Å²) in [4.78, 5) is 41.4. The molecule has 5 N–H and O–H groups in total. The number of carbonyl (C=O) groups excluding carboxylic acids is 2. The molecule has 1 saturated heterocycles. The number of nitrogens with one attached hydrogen (secondary N) is 1. The molecule has 3 unspecified atom stereocenters. The van der Waals surface area contributed by atoms with E-state index in [2.05, 4.69) is 15.1 Å². The van der Waals surface area contributed by atoms with E-state index in [4.69, 9.17) is 24.3 Å². The van der Waals surface area contributed by atoms with Crippen LogP contribution in [0.15, 0.2) is 9.79 Å². The summed E-state index contributed by atoms with van der Waals surface area (Å²) < 4.78 is 34.1. The summed E-state index contributed by atoms with van der Waals surface area (Å²) in [6, 6.07) is -0.818. The molecule has 15 nitrogen and oxygen atoms in total. The molecule has 2 aliphatic rings. The van der Waals surface area contributed by atoms with Crippen molar-refractivity contribution in [3.05, 3.63) is 10.4 Å². The fourth-order valence-electron chi connectivity index (χ4n) is 3.78. The maximum absolute atomic E-state index is 12.0. The van der Waals surface area contributed by atoms with E-state index in [-0.39, 0.29) is 40.6 Å². The van der Waals surface area contributed by atoms with Crippen LogP contribution < -0.4 is 16.0 Å². The Labute approximate surface area is 266 Å². The number of anilines is 1. The van der Waals surface area contributed by atoms with Gasteiger partial charge in [-0.3, -0.25) is 19.4 Å². The molecule has 0 spiro atoms. The van der Waals surface area contributed by atoms with E-state index in [0.29, 0.717) is 12.4 Å². The van der Waals surface area contributed by atoms with Gasteiger partial charge >= 0.3 is 19.6 Å². The number of thioether (sulfide) groups is 2. The maximum atomic E-state index is 12.0. The number of methoxy groups -OCH3 is 1. The third-order valence-electron chi connectivity index (χ3n) is 6.27. The molecule has 1 aromatic rings. The lowest BCUT2D eigenvalue weighted by Crippen LogP contribution is -2.57. The van der Waals surface area contributed by atoms with E-state index in [1.807, 2.05) is 20.8 Å². The van der Waals surface area contributed by atoms with Crippen molar-refractivity contribution in [1.82, 2.24) is 10.1 Å². The number of nitrogens with two attached hydrogens (primary N) is 1. The van der Waals surface area contributed by atoms with Gasteiger partial charge in [0.1, 0.15) is 37.1 Å². The van der Waals surface area contributed by atoms with E-state index in [1.165, 1.54) is 29.6 Å². The van der Waals surface area contributed by atoms with Crippen LogP contribution in [0.1, 0.15) is 54.5 Å². The predicted octanol–water partition coefficient (Wildman–Crippen LogP) is 1.71. The number of ether oxygens (including phenoxy) is 2. The van der Waals surface area contributed by atoms with E-state index in [0.717, 1.165) is 17.5 Å². The molecule has 44 heavy (non-hydrogen) atoms. The highest BCUT2D eigenvalue weighted by molar-refractivity contribution is 8.14. The van der Waals surface area contributed by atoms with Crippen molar-refractivity contribution in [3.63, 3.8) is 0 Å². The van der Waals surface area contributed by atoms with Crippen LogP contribution in [0.5, 0.6) is 0 Å². The van der Waals surface area contributed by atoms with Gasteiger partial charge in [0.2, 0.25) is 12.0 Å². The van der Waals surface area contributed by atoms with Crippen LogP contribution in [0.3, 0.4) is 0 Å². The third kappa shape index (κ3) is 10.6. The number of aliphatic hydroxyl groups is 2. The highest BCUT2D eigenvalue weighted by Crippen LogP contribution is 2.38. The Morgan fingerprint density at radius 1 is 1.14 bits per heavy atom. The minimum absolute atomic E-state index is 0.00821. The number of hydrogen-bond donors (Lipinski definition) is 4. The van der Waals surface area contributed by atoms with E-state index in [1.54, 1.807) is 27.9 Å². The van der Waals surface area contributed by atoms with Crippen molar-refractivity contribution in [3.8, 4) is 0 Å². The van der Waals surface area contributed by atoms with Crippen LogP contribution in [-0.2, 0) is 32.7 Å². The average Bonchev–Trinajstić information content (AvgIpc) is 3.42. The van der Waals surface area contributed by atoms with E-state index < -0.39 is 49.2 Å².